The summed E-state index contributed by atoms with van der Waals surface area (Å²) in [6.45, 7) is 3.49. The molecule has 0 aromatic heterocycles. The normalized spacial score (nSPS) is 15.9. The zero-order chi connectivity index (χ0) is 19.9. The van der Waals surface area contributed by atoms with Crippen molar-refractivity contribution in [1.29, 1.82) is 0 Å². The van der Waals surface area contributed by atoms with E-state index in [0.29, 0.717) is 26.1 Å². The van der Waals surface area contributed by atoms with Crippen molar-refractivity contribution in [3.05, 3.63) is 60.2 Å². The molecule has 3 amide bonds. The van der Waals surface area contributed by atoms with Gasteiger partial charge in [0.05, 0.1) is 6.54 Å². The molecule has 1 aliphatic heterocycles. The highest BCUT2D eigenvalue weighted by Gasteiger charge is 2.35. The Balaban J connectivity index is 1.51. The quantitative estimate of drug-likeness (QED) is 0.833. The van der Waals surface area contributed by atoms with Gasteiger partial charge in [0.1, 0.15) is 18.4 Å². The summed E-state index contributed by atoms with van der Waals surface area (Å²) in [6.07, 6.45) is 1.51. The molecular formula is C22H27N3O3. The third-order valence-electron chi connectivity index (χ3n) is 4.92. The fraction of sp³-hybridized carbons (Fsp3) is 0.364. The fourth-order valence-corrected chi connectivity index (χ4v) is 3.28. The van der Waals surface area contributed by atoms with Crippen LogP contribution in [0.15, 0.2) is 54.6 Å². The third-order valence-corrected chi connectivity index (χ3v) is 4.92. The Kier molecular flexibility index (Phi) is 6.53. The van der Waals surface area contributed by atoms with Crippen molar-refractivity contribution in [2.24, 2.45) is 0 Å². The van der Waals surface area contributed by atoms with Gasteiger partial charge < -0.3 is 19.9 Å². The number of aryl methyl sites for hydroxylation is 1. The molecule has 1 fully saturated rings. The van der Waals surface area contributed by atoms with Crippen molar-refractivity contribution in [3.8, 4) is 5.75 Å². The maximum Gasteiger partial charge on any atom is 0.322 e. The number of amides is 3. The Hall–Kier alpha value is -3.02. The first kappa shape index (κ1) is 19.7. The van der Waals surface area contributed by atoms with E-state index in [0.717, 1.165) is 17.9 Å². The number of nitrogens with zero attached hydrogens (tertiary/aromatic N) is 2. The van der Waals surface area contributed by atoms with E-state index in [4.69, 9.17) is 4.74 Å². The van der Waals surface area contributed by atoms with Crippen molar-refractivity contribution < 1.29 is 14.3 Å². The molecule has 3 rings (SSSR count). The number of anilines is 1. The van der Waals surface area contributed by atoms with E-state index >= 15 is 0 Å². The highest BCUT2D eigenvalue weighted by Crippen LogP contribution is 2.21. The Labute approximate surface area is 166 Å². The molecule has 0 bridgehead atoms. The topological polar surface area (TPSA) is 61.9 Å². The van der Waals surface area contributed by atoms with Crippen LogP contribution in [0.4, 0.5) is 10.5 Å². The van der Waals surface area contributed by atoms with Crippen molar-refractivity contribution in [2.45, 2.75) is 25.8 Å². The van der Waals surface area contributed by atoms with Crippen LogP contribution < -0.4 is 10.1 Å². The highest BCUT2D eigenvalue weighted by molar-refractivity contribution is 5.94. The molecule has 2 aromatic carbocycles. The molecule has 28 heavy (non-hydrogen) atoms. The predicted octanol–water partition coefficient (Wildman–Crippen LogP) is 3.53. The summed E-state index contributed by atoms with van der Waals surface area (Å²) in [5.41, 5.74) is 1.90. The summed E-state index contributed by atoms with van der Waals surface area (Å²) in [4.78, 5) is 28.7. The number of hydrogen-bond donors (Lipinski definition) is 1. The number of rotatable bonds is 6. The molecule has 1 N–H and O–H groups in total. The van der Waals surface area contributed by atoms with Crippen LogP contribution in [0.25, 0.3) is 0 Å². The maximum absolute atomic E-state index is 12.8. The first-order valence-electron chi connectivity index (χ1n) is 9.62. The molecule has 2 aromatic rings. The van der Waals surface area contributed by atoms with E-state index in [1.807, 2.05) is 61.5 Å². The summed E-state index contributed by atoms with van der Waals surface area (Å²) < 4.78 is 5.71. The molecule has 1 heterocycles. The Morgan fingerprint density at radius 1 is 1.14 bits per heavy atom. The summed E-state index contributed by atoms with van der Waals surface area (Å²) in [5, 5.41) is 2.87. The number of carbonyl (C=O) groups excluding carboxylic acids is 2. The number of urea groups is 1. The fourth-order valence-electron chi connectivity index (χ4n) is 3.28. The van der Waals surface area contributed by atoms with Gasteiger partial charge >= 0.3 is 6.03 Å². The average molecular weight is 381 g/mol. The van der Waals surface area contributed by atoms with Gasteiger partial charge in [-0.25, -0.2) is 4.79 Å². The number of hydrogen-bond acceptors (Lipinski definition) is 3. The molecule has 0 saturated carbocycles. The van der Waals surface area contributed by atoms with Gasteiger partial charge in [-0.3, -0.25) is 4.79 Å². The molecule has 1 aliphatic rings. The van der Waals surface area contributed by atoms with Crippen LogP contribution in [0.5, 0.6) is 5.75 Å². The second kappa shape index (κ2) is 9.26. The van der Waals surface area contributed by atoms with Crippen LogP contribution in [0.3, 0.4) is 0 Å². The van der Waals surface area contributed by atoms with Crippen molar-refractivity contribution in [2.75, 3.05) is 32.1 Å². The Bertz CT molecular complexity index is 792. The minimum atomic E-state index is -0.423. The van der Waals surface area contributed by atoms with Crippen LogP contribution in [0.1, 0.15) is 18.4 Å². The van der Waals surface area contributed by atoms with E-state index in [2.05, 4.69) is 5.32 Å². The Morgan fingerprint density at radius 2 is 1.86 bits per heavy atom. The van der Waals surface area contributed by atoms with Crippen LogP contribution in [-0.2, 0) is 4.79 Å². The average Bonchev–Trinajstić information content (AvgIpc) is 3.19. The van der Waals surface area contributed by atoms with Crippen LogP contribution in [0, 0.1) is 6.92 Å². The number of para-hydroxylation sites is 1. The standard InChI is InChI=1S/C22H27N3O3/c1-17-10-12-19(13-11-17)28-16-15-24(2)21(26)20-9-6-14-25(20)22(27)23-18-7-4-3-5-8-18/h3-5,7-8,10-13,20H,6,9,14-16H2,1-2H3,(H,23,27)/t20-/m0/s1. The van der Waals surface area contributed by atoms with Gasteiger partial charge in [0.15, 0.2) is 0 Å². The van der Waals surface area contributed by atoms with Crippen LogP contribution in [-0.4, -0.2) is 54.5 Å². The van der Waals surface area contributed by atoms with Gasteiger partial charge in [-0.2, -0.15) is 0 Å². The predicted molar refractivity (Wildman–Crippen MR) is 109 cm³/mol. The first-order chi connectivity index (χ1) is 13.5. The molecule has 1 saturated heterocycles. The monoisotopic (exact) mass is 381 g/mol. The van der Waals surface area contributed by atoms with Gasteiger partial charge in [0.25, 0.3) is 0 Å². The lowest BCUT2D eigenvalue weighted by Gasteiger charge is -2.28. The number of likely N-dealkylation sites (N-methyl/N-ethyl adjacent to an activating group) is 1. The van der Waals surface area contributed by atoms with Gasteiger partial charge in [-0.15, -0.1) is 0 Å². The minimum Gasteiger partial charge on any atom is -0.492 e. The van der Waals surface area contributed by atoms with Crippen molar-refractivity contribution in [3.63, 3.8) is 0 Å². The van der Waals surface area contributed by atoms with Gasteiger partial charge in [-0.1, -0.05) is 35.9 Å². The molecule has 148 valence electrons. The molecule has 0 radical (unpaired) electrons. The van der Waals surface area contributed by atoms with Crippen LogP contribution >= 0.6 is 0 Å². The largest absolute Gasteiger partial charge is 0.492 e. The first-order valence-corrected chi connectivity index (χ1v) is 9.62. The number of ether oxygens (including phenoxy) is 1. The lowest BCUT2D eigenvalue weighted by molar-refractivity contribution is -0.134. The zero-order valence-electron chi connectivity index (χ0n) is 16.4. The number of likely N-dealkylation sites (tertiary alicyclic amines) is 1. The molecular weight excluding hydrogens is 354 g/mol. The summed E-state index contributed by atoms with van der Waals surface area (Å²) >= 11 is 0. The third kappa shape index (κ3) is 5.03. The summed E-state index contributed by atoms with van der Waals surface area (Å²) in [6, 6.07) is 16.5. The summed E-state index contributed by atoms with van der Waals surface area (Å²) in [5.74, 6) is 0.740. The smallest absolute Gasteiger partial charge is 0.322 e. The molecule has 0 unspecified atom stereocenters. The van der Waals surface area contributed by atoms with E-state index in [9.17, 15) is 9.59 Å². The number of nitrogens with one attached hydrogen (secondary N) is 1. The molecule has 0 spiro atoms. The van der Waals surface area contributed by atoms with E-state index in [1.54, 1.807) is 16.8 Å². The SMILES string of the molecule is Cc1ccc(OCCN(C)C(=O)[C@@H]2CCCN2C(=O)Nc2ccccc2)cc1. The molecule has 6 heteroatoms. The van der Waals surface area contributed by atoms with Crippen LogP contribution in [0.2, 0.25) is 0 Å². The maximum atomic E-state index is 12.8. The van der Waals surface area contributed by atoms with Gasteiger partial charge in [0.2, 0.25) is 5.91 Å². The van der Waals surface area contributed by atoms with E-state index < -0.39 is 6.04 Å². The molecule has 0 aliphatic carbocycles. The minimum absolute atomic E-state index is 0.0479. The lowest BCUT2D eigenvalue weighted by Crippen LogP contribution is -2.48. The number of benzene rings is 2. The van der Waals surface area contributed by atoms with Gasteiger partial charge in [0, 0.05) is 19.3 Å². The van der Waals surface area contributed by atoms with E-state index in [1.165, 1.54) is 5.56 Å². The van der Waals surface area contributed by atoms with E-state index in [-0.39, 0.29) is 11.9 Å². The Morgan fingerprint density at radius 3 is 2.57 bits per heavy atom. The number of carbonyl (C=O) groups is 2. The van der Waals surface area contributed by atoms with Crippen molar-refractivity contribution >= 4 is 17.6 Å². The zero-order valence-corrected chi connectivity index (χ0v) is 16.4. The van der Waals surface area contributed by atoms with Crippen molar-refractivity contribution in [1.82, 2.24) is 9.80 Å². The van der Waals surface area contributed by atoms with Gasteiger partial charge in [-0.05, 0) is 44.0 Å². The lowest BCUT2D eigenvalue weighted by atomic mass is 10.2. The molecule has 6 nitrogen and oxygen atoms in total. The second-order valence-corrected chi connectivity index (χ2v) is 7.07. The second-order valence-electron chi connectivity index (χ2n) is 7.07. The molecule has 1 atom stereocenters. The summed E-state index contributed by atoms with van der Waals surface area (Å²) in [7, 11) is 1.76. The highest BCUT2D eigenvalue weighted by atomic mass is 16.5.